The SMILES string of the molecule is CCCCCCN1c2ccc(/C=C(/C#N)C(=O)O)cc2Sc2cc(-c3ccc(N(c4ccc5c(c4)C(CCC)(CCC)c4ccccc4-5)c4ccc5c(c4)C(CCC)(CCC)c4ccccc4-5)cc3)ccc21. The number of unbranched alkanes of at least 4 members (excludes halogenated alkanes) is 3. The van der Waals surface area contributed by atoms with Crippen LogP contribution in [0.1, 0.15) is 139 Å². The second kappa shape index (κ2) is 20.7. The van der Waals surface area contributed by atoms with Crippen molar-refractivity contribution >= 4 is 52.2 Å². The van der Waals surface area contributed by atoms with Crippen LogP contribution in [0.2, 0.25) is 0 Å². The third kappa shape index (κ3) is 8.54. The summed E-state index contributed by atoms with van der Waals surface area (Å²) < 4.78 is 0. The Balaban J connectivity index is 1.08. The first-order valence-electron chi connectivity index (χ1n) is 26.7. The van der Waals surface area contributed by atoms with Gasteiger partial charge in [0, 0.05) is 44.2 Å². The number of rotatable bonds is 19. The van der Waals surface area contributed by atoms with Crippen molar-refractivity contribution < 1.29 is 9.90 Å². The zero-order chi connectivity index (χ0) is 50.0. The van der Waals surface area contributed by atoms with E-state index in [1.807, 2.05) is 18.2 Å². The van der Waals surface area contributed by atoms with Gasteiger partial charge in [-0.15, -0.1) is 0 Å². The van der Waals surface area contributed by atoms with E-state index in [2.05, 4.69) is 178 Å². The Morgan fingerprint density at radius 2 is 1.06 bits per heavy atom. The number of fused-ring (bicyclic) bond motifs is 8. The number of benzene rings is 7. The first kappa shape index (κ1) is 48.8. The summed E-state index contributed by atoms with van der Waals surface area (Å²) in [6, 6.07) is 56.9. The minimum Gasteiger partial charge on any atom is -0.477 e. The molecule has 3 aliphatic rings. The lowest BCUT2D eigenvalue weighted by molar-refractivity contribution is -0.132. The van der Waals surface area contributed by atoms with Crippen LogP contribution < -0.4 is 9.80 Å². The van der Waals surface area contributed by atoms with Gasteiger partial charge in [0.2, 0.25) is 0 Å². The molecule has 6 heteroatoms. The molecule has 0 bridgehead atoms. The number of hydrogen-bond acceptors (Lipinski definition) is 5. The largest absolute Gasteiger partial charge is 0.477 e. The lowest BCUT2D eigenvalue weighted by Crippen LogP contribution is -2.26. The van der Waals surface area contributed by atoms with Gasteiger partial charge in [-0.3, -0.25) is 0 Å². The second-order valence-corrected chi connectivity index (χ2v) is 21.4. The highest BCUT2D eigenvalue weighted by Gasteiger charge is 2.44. The normalized spacial score (nSPS) is 14.4. The molecular weight excluding hydrogens is 899 g/mol. The number of carbonyl (C=O) groups is 1. The molecule has 0 aromatic heterocycles. The molecule has 7 aromatic carbocycles. The highest BCUT2D eigenvalue weighted by atomic mass is 32.2. The van der Waals surface area contributed by atoms with Crippen LogP contribution in [-0.4, -0.2) is 17.6 Å². The summed E-state index contributed by atoms with van der Waals surface area (Å²) >= 11 is 1.71. The molecule has 1 N–H and O–H groups in total. The molecule has 0 saturated heterocycles. The fourth-order valence-electron chi connectivity index (χ4n) is 12.9. The molecule has 7 aromatic rings. The third-order valence-corrected chi connectivity index (χ3v) is 16.9. The molecule has 0 atom stereocenters. The van der Waals surface area contributed by atoms with Crippen LogP contribution >= 0.6 is 11.8 Å². The number of nitriles is 1. The van der Waals surface area contributed by atoms with Gasteiger partial charge in [0.1, 0.15) is 11.6 Å². The van der Waals surface area contributed by atoms with Crippen LogP contribution in [0.3, 0.4) is 0 Å². The molecule has 5 nitrogen and oxygen atoms in total. The molecule has 364 valence electrons. The molecular formula is C66H67N3O2S. The first-order valence-corrected chi connectivity index (χ1v) is 27.5. The molecule has 1 aliphatic heterocycles. The van der Waals surface area contributed by atoms with Gasteiger partial charge in [-0.1, -0.05) is 176 Å². The molecule has 0 amide bonds. The monoisotopic (exact) mass is 965 g/mol. The molecule has 1 heterocycles. The van der Waals surface area contributed by atoms with Crippen molar-refractivity contribution in [2.45, 2.75) is 132 Å². The van der Waals surface area contributed by atoms with E-state index in [1.54, 1.807) is 11.8 Å². The van der Waals surface area contributed by atoms with Crippen LogP contribution in [0.4, 0.5) is 28.4 Å². The predicted molar refractivity (Wildman–Crippen MR) is 302 cm³/mol. The van der Waals surface area contributed by atoms with E-state index in [0.717, 1.165) is 103 Å². The quantitative estimate of drug-likeness (QED) is 0.0495. The van der Waals surface area contributed by atoms with Gasteiger partial charge in [0.15, 0.2) is 0 Å². The number of hydrogen-bond donors (Lipinski definition) is 1. The number of carboxylic acids is 1. The molecule has 0 radical (unpaired) electrons. The molecule has 0 saturated carbocycles. The first-order chi connectivity index (χ1) is 35.2. The number of anilines is 5. The van der Waals surface area contributed by atoms with Crippen molar-refractivity contribution in [2.75, 3.05) is 16.3 Å². The third-order valence-electron chi connectivity index (χ3n) is 15.8. The van der Waals surface area contributed by atoms with Gasteiger partial charge in [-0.2, -0.15) is 5.26 Å². The summed E-state index contributed by atoms with van der Waals surface area (Å²) in [5, 5.41) is 19.2. The highest BCUT2D eigenvalue weighted by Crippen LogP contribution is 2.58. The van der Waals surface area contributed by atoms with E-state index in [9.17, 15) is 15.2 Å². The van der Waals surface area contributed by atoms with Crippen LogP contribution in [0, 0.1) is 11.3 Å². The Bertz CT molecular complexity index is 3110. The number of aliphatic carboxylic acids is 1. The average molecular weight is 966 g/mol. The Morgan fingerprint density at radius 1 is 0.556 bits per heavy atom. The van der Waals surface area contributed by atoms with E-state index in [-0.39, 0.29) is 16.4 Å². The predicted octanol–water partition coefficient (Wildman–Crippen LogP) is 18.7. The summed E-state index contributed by atoms with van der Waals surface area (Å²) in [5.74, 6) is -1.22. The molecule has 10 rings (SSSR count). The van der Waals surface area contributed by atoms with Crippen molar-refractivity contribution in [3.8, 4) is 39.4 Å². The minimum atomic E-state index is -1.22. The van der Waals surface area contributed by atoms with Gasteiger partial charge in [-0.25, -0.2) is 4.79 Å². The van der Waals surface area contributed by atoms with Gasteiger partial charge >= 0.3 is 5.97 Å². The van der Waals surface area contributed by atoms with Gasteiger partial charge in [0.25, 0.3) is 0 Å². The van der Waals surface area contributed by atoms with Crippen molar-refractivity contribution in [1.29, 1.82) is 5.26 Å². The summed E-state index contributed by atoms with van der Waals surface area (Å²) in [6.45, 7) is 12.5. The molecule has 0 fully saturated rings. The molecule has 0 unspecified atom stereocenters. The van der Waals surface area contributed by atoms with Crippen molar-refractivity contribution in [1.82, 2.24) is 0 Å². The summed E-state index contributed by atoms with van der Waals surface area (Å²) in [5.41, 5.74) is 19.8. The fraction of sp³-hybridized carbons (Fsp3) is 0.303. The maximum atomic E-state index is 11.8. The smallest absolute Gasteiger partial charge is 0.346 e. The Labute approximate surface area is 432 Å². The minimum absolute atomic E-state index is 0.0374. The summed E-state index contributed by atoms with van der Waals surface area (Å²) in [4.78, 5) is 18.9. The van der Waals surface area contributed by atoms with E-state index in [4.69, 9.17) is 0 Å². The fourth-order valence-corrected chi connectivity index (χ4v) is 14.1. The zero-order valence-electron chi connectivity index (χ0n) is 42.7. The van der Waals surface area contributed by atoms with Crippen molar-refractivity contribution in [3.63, 3.8) is 0 Å². The van der Waals surface area contributed by atoms with Crippen molar-refractivity contribution in [2.24, 2.45) is 0 Å². The van der Waals surface area contributed by atoms with E-state index in [0.29, 0.717) is 5.56 Å². The maximum Gasteiger partial charge on any atom is 0.346 e. The van der Waals surface area contributed by atoms with Crippen LogP contribution in [0.25, 0.3) is 39.5 Å². The molecule has 2 aliphatic carbocycles. The van der Waals surface area contributed by atoms with Crippen LogP contribution in [-0.2, 0) is 15.6 Å². The highest BCUT2D eigenvalue weighted by molar-refractivity contribution is 7.99. The van der Waals surface area contributed by atoms with Crippen LogP contribution in [0.15, 0.2) is 161 Å². The Kier molecular flexibility index (Phi) is 14.1. The van der Waals surface area contributed by atoms with Gasteiger partial charge in [-0.05, 0) is 160 Å². The Hall–Kier alpha value is -6.81. The summed E-state index contributed by atoms with van der Waals surface area (Å²) in [7, 11) is 0. The van der Waals surface area contributed by atoms with Gasteiger partial charge in [0.05, 0.1) is 11.4 Å². The van der Waals surface area contributed by atoms with E-state index in [1.165, 1.54) is 80.5 Å². The number of carboxylic acid groups (broad SMARTS) is 1. The summed E-state index contributed by atoms with van der Waals surface area (Å²) in [6.07, 6.45) is 15.0. The number of nitrogens with zero attached hydrogens (tertiary/aromatic N) is 3. The lowest BCUT2D eigenvalue weighted by Gasteiger charge is -2.34. The molecule has 0 spiro atoms. The second-order valence-electron chi connectivity index (χ2n) is 20.3. The van der Waals surface area contributed by atoms with Gasteiger partial charge < -0.3 is 14.9 Å². The van der Waals surface area contributed by atoms with Crippen molar-refractivity contribution in [3.05, 3.63) is 179 Å². The average Bonchev–Trinajstić information content (AvgIpc) is 3.82. The lowest BCUT2D eigenvalue weighted by atomic mass is 9.71. The van der Waals surface area contributed by atoms with Crippen LogP contribution in [0.5, 0.6) is 0 Å². The Morgan fingerprint density at radius 3 is 1.58 bits per heavy atom. The van der Waals surface area contributed by atoms with E-state index >= 15 is 0 Å². The molecule has 72 heavy (non-hydrogen) atoms. The standard InChI is InChI=1S/C66H67N3O2S/c1-6-11-12-17-38-68-60-32-22-45(39-48(44-67)64(70)71)40-62(60)72-63-41-47(25-33-61(63)68)46-23-26-49(27-24-46)69(50-28-30-54-52-18-13-15-20-56(52)65(34-7-2,35-8-3)58(54)42-50)51-29-31-55-53-19-14-16-21-57(53)66(36-9-4,37-10-5)59(55)43-51/h13-16,18-33,39-43H,6-12,17,34-38H2,1-5H3,(H,70,71)/b48-39-. The topological polar surface area (TPSA) is 67.6 Å². The zero-order valence-corrected chi connectivity index (χ0v) is 43.5. The maximum absolute atomic E-state index is 11.8. The van der Waals surface area contributed by atoms with E-state index < -0.39 is 5.97 Å².